The topological polar surface area (TPSA) is 84.3 Å². The number of aromatic nitrogens is 2. The van der Waals surface area contributed by atoms with E-state index in [9.17, 15) is 13.2 Å². The lowest BCUT2D eigenvalue weighted by Crippen LogP contribution is -2.23. The van der Waals surface area contributed by atoms with Gasteiger partial charge in [-0.3, -0.25) is 4.79 Å². The largest absolute Gasteiger partial charge is 0.307 e. The summed E-state index contributed by atoms with van der Waals surface area (Å²) in [7, 11) is -0.911. The van der Waals surface area contributed by atoms with E-state index >= 15 is 0 Å². The lowest BCUT2D eigenvalue weighted by molar-refractivity contribution is 0.102. The van der Waals surface area contributed by atoms with E-state index in [4.69, 9.17) is 11.6 Å². The summed E-state index contributed by atoms with van der Waals surface area (Å²) in [6, 6.07) is 6.26. The van der Waals surface area contributed by atoms with Crippen LogP contribution < -0.4 is 5.32 Å². The van der Waals surface area contributed by atoms with Gasteiger partial charge in [0.2, 0.25) is 10.0 Å². The monoisotopic (exact) mass is 410 g/mol. The molecule has 0 aliphatic heterocycles. The third-order valence-corrected chi connectivity index (χ3v) is 7.08. The summed E-state index contributed by atoms with van der Waals surface area (Å²) in [6.07, 6.45) is 7.27. The molecule has 3 rings (SSSR count). The van der Waals surface area contributed by atoms with Gasteiger partial charge in [0.15, 0.2) is 0 Å². The second-order valence-corrected chi connectivity index (χ2v) is 9.37. The first-order valence-electron chi connectivity index (χ1n) is 8.87. The fraction of sp³-hybridized carbons (Fsp3) is 0.444. The normalized spacial score (nSPS) is 15.9. The predicted octanol–water partition coefficient (Wildman–Crippen LogP) is 3.54. The fourth-order valence-corrected chi connectivity index (χ4v) is 4.65. The maximum atomic E-state index is 12.7. The van der Waals surface area contributed by atoms with Crippen molar-refractivity contribution in [2.75, 3.05) is 19.4 Å². The smallest absolute Gasteiger partial charge is 0.256 e. The van der Waals surface area contributed by atoms with Gasteiger partial charge in [0.1, 0.15) is 10.7 Å². The van der Waals surface area contributed by atoms with Crippen molar-refractivity contribution in [3.63, 3.8) is 0 Å². The van der Waals surface area contributed by atoms with E-state index in [0.29, 0.717) is 5.82 Å². The first-order chi connectivity index (χ1) is 12.8. The van der Waals surface area contributed by atoms with Crippen molar-refractivity contribution in [2.45, 2.75) is 43.0 Å². The summed E-state index contributed by atoms with van der Waals surface area (Å²) in [6.45, 7) is 0. The highest BCUT2D eigenvalue weighted by molar-refractivity contribution is 7.89. The van der Waals surface area contributed by atoms with Gasteiger partial charge in [-0.05, 0) is 31.0 Å². The SMILES string of the molecule is CN(C)S(=O)(=O)c1cc(C(=O)Nc2ccnn2C2CCCCC2)ccc1Cl. The van der Waals surface area contributed by atoms with Crippen LogP contribution in [0.2, 0.25) is 5.02 Å². The second kappa shape index (κ2) is 8.00. The minimum atomic E-state index is -3.75. The Bertz CT molecular complexity index is 934. The van der Waals surface area contributed by atoms with Crippen molar-refractivity contribution in [3.05, 3.63) is 41.0 Å². The molecule has 146 valence electrons. The van der Waals surface area contributed by atoms with Crippen LogP contribution in [0.1, 0.15) is 48.5 Å². The molecule has 1 amide bonds. The molecule has 0 spiro atoms. The van der Waals surface area contributed by atoms with Gasteiger partial charge in [0.05, 0.1) is 17.3 Å². The number of carbonyl (C=O) groups excluding carboxylic acids is 1. The standard InChI is InChI=1S/C18H23ClN4O3S/c1-22(2)27(25,26)16-12-13(8-9-15(16)19)18(24)21-17-10-11-20-23(17)14-6-4-3-5-7-14/h8-12,14H,3-7H2,1-2H3,(H,21,24). The predicted molar refractivity (Wildman–Crippen MR) is 105 cm³/mol. The lowest BCUT2D eigenvalue weighted by Gasteiger charge is -2.24. The molecule has 0 unspecified atom stereocenters. The molecule has 7 nitrogen and oxygen atoms in total. The van der Waals surface area contributed by atoms with Crippen LogP contribution in [0.15, 0.2) is 35.4 Å². The van der Waals surface area contributed by atoms with Gasteiger partial charge in [-0.25, -0.2) is 17.4 Å². The van der Waals surface area contributed by atoms with Crippen LogP contribution in [-0.2, 0) is 10.0 Å². The summed E-state index contributed by atoms with van der Waals surface area (Å²) < 4.78 is 27.7. The molecular weight excluding hydrogens is 388 g/mol. The van der Waals surface area contributed by atoms with Crippen LogP contribution in [0.3, 0.4) is 0 Å². The number of hydrogen-bond acceptors (Lipinski definition) is 4. The van der Waals surface area contributed by atoms with E-state index in [1.807, 2.05) is 4.68 Å². The van der Waals surface area contributed by atoms with E-state index in [1.165, 1.54) is 38.7 Å². The molecule has 0 bridgehead atoms. The molecule has 1 aromatic heterocycles. The van der Waals surface area contributed by atoms with Gasteiger partial charge in [0.25, 0.3) is 5.91 Å². The number of nitrogens with zero attached hydrogens (tertiary/aromatic N) is 3. The molecule has 27 heavy (non-hydrogen) atoms. The van der Waals surface area contributed by atoms with Gasteiger partial charge < -0.3 is 5.32 Å². The van der Waals surface area contributed by atoms with Crippen molar-refractivity contribution in [3.8, 4) is 0 Å². The molecule has 1 saturated carbocycles. The quantitative estimate of drug-likeness (QED) is 0.816. The van der Waals surface area contributed by atoms with Gasteiger partial charge in [0, 0.05) is 25.7 Å². The highest BCUT2D eigenvalue weighted by atomic mass is 35.5. The number of amides is 1. The fourth-order valence-electron chi connectivity index (χ4n) is 3.26. The Hall–Kier alpha value is -1.90. The summed E-state index contributed by atoms with van der Waals surface area (Å²) in [5.41, 5.74) is 0.219. The molecule has 0 saturated heterocycles. The van der Waals surface area contributed by atoms with Crippen molar-refractivity contribution >= 4 is 33.3 Å². The summed E-state index contributed by atoms with van der Waals surface area (Å²) in [5, 5.41) is 7.28. The van der Waals surface area contributed by atoms with Gasteiger partial charge >= 0.3 is 0 Å². The van der Waals surface area contributed by atoms with Crippen LogP contribution in [0.4, 0.5) is 5.82 Å². The molecule has 1 aromatic carbocycles. The van der Waals surface area contributed by atoms with E-state index in [-0.39, 0.29) is 21.5 Å². The highest BCUT2D eigenvalue weighted by Crippen LogP contribution is 2.30. The van der Waals surface area contributed by atoms with Crippen LogP contribution in [0.25, 0.3) is 0 Å². The molecular formula is C18H23ClN4O3S. The van der Waals surface area contributed by atoms with E-state index in [0.717, 1.165) is 30.0 Å². The minimum absolute atomic E-state index is 0.0764. The molecule has 2 aromatic rings. The lowest BCUT2D eigenvalue weighted by atomic mass is 9.96. The molecule has 1 heterocycles. The number of carbonyl (C=O) groups is 1. The molecule has 0 atom stereocenters. The highest BCUT2D eigenvalue weighted by Gasteiger charge is 2.23. The average molecular weight is 411 g/mol. The molecule has 1 N–H and O–H groups in total. The maximum absolute atomic E-state index is 12.7. The Labute approximate surface area is 164 Å². The van der Waals surface area contributed by atoms with Crippen molar-refractivity contribution in [2.24, 2.45) is 0 Å². The van der Waals surface area contributed by atoms with Crippen LogP contribution >= 0.6 is 11.6 Å². The number of sulfonamides is 1. The number of hydrogen-bond donors (Lipinski definition) is 1. The number of benzene rings is 1. The summed E-state index contributed by atoms with van der Waals surface area (Å²) >= 11 is 6.05. The molecule has 9 heteroatoms. The Balaban J connectivity index is 1.85. The molecule has 1 aliphatic rings. The minimum Gasteiger partial charge on any atom is -0.307 e. The molecule has 0 radical (unpaired) electrons. The third kappa shape index (κ3) is 4.17. The Kier molecular flexibility index (Phi) is 5.88. The summed E-state index contributed by atoms with van der Waals surface area (Å²) in [4.78, 5) is 12.6. The number of nitrogens with one attached hydrogen (secondary N) is 1. The Morgan fingerprint density at radius 2 is 1.93 bits per heavy atom. The Morgan fingerprint density at radius 1 is 1.22 bits per heavy atom. The number of halogens is 1. The average Bonchev–Trinajstić information content (AvgIpc) is 3.10. The van der Waals surface area contributed by atoms with E-state index < -0.39 is 15.9 Å². The van der Waals surface area contributed by atoms with Crippen LogP contribution in [0, 0.1) is 0 Å². The Morgan fingerprint density at radius 3 is 2.59 bits per heavy atom. The van der Waals surface area contributed by atoms with Gasteiger partial charge in [-0.1, -0.05) is 30.9 Å². The van der Waals surface area contributed by atoms with Gasteiger partial charge in [-0.15, -0.1) is 0 Å². The first kappa shape index (κ1) is 19.9. The first-order valence-corrected chi connectivity index (χ1v) is 10.7. The zero-order valence-corrected chi connectivity index (χ0v) is 16.9. The van der Waals surface area contributed by atoms with Crippen molar-refractivity contribution in [1.82, 2.24) is 14.1 Å². The number of anilines is 1. The summed E-state index contributed by atoms with van der Waals surface area (Å²) in [5.74, 6) is 0.207. The zero-order valence-electron chi connectivity index (χ0n) is 15.4. The molecule has 1 fully saturated rings. The van der Waals surface area contributed by atoms with Crippen LogP contribution in [-0.4, -0.2) is 42.5 Å². The second-order valence-electron chi connectivity index (χ2n) is 6.84. The van der Waals surface area contributed by atoms with Crippen molar-refractivity contribution < 1.29 is 13.2 Å². The maximum Gasteiger partial charge on any atom is 0.256 e. The third-order valence-electron chi connectivity index (χ3n) is 4.78. The number of rotatable bonds is 5. The van der Waals surface area contributed by atoms with Gasteiger partial charge in [-0.2, -0.15) is 5.10 Å². The zero-order chi connectivity index (χ0) is 19.6. The van der Waals surface area contributed by atoms with Crippen LogP contribution in [0.5, 0.6) is 0 Å². The van der Waals surface area contributed by atoms with Crippen molar-refractivity contribution in [1.29, 1.82) is 0 Å². The van der Waals surface area contributed by atoms with E-state index in [2.05, 4.69) is 10.4 Å². The molecule has 1 aliphatic carbocycles. The van der Waals surface area contributed by atoms with E-state index in [1.54, 1.807) is 12.3 Å².